The Morgan fingerprint density at radius 3 is 1.57 bits per heavy atom. The molecule has 6 rings (SSSR count). The molecule has 0 aliphatic carbocycles. The lowest BCUT2D eigenvalue weighted by Gasteiger charge is -2.16. The molecule has 0 unspecified atom stereocenters. The van der Waals surface area contributed by atoms with Crippen molar-refractivity contribution in [1.82, 2.24) is 35.9 Å². The molecule has 0 radical (unpaired) electrons. The number of carbonyl (C=O) groups excluding carboxylic acids is 2. The molecule has 0 saturated carbocycles. The van der Waals surface area contributed by atoms with Crippen LogP contribution in [0, 0.1) is 0 Å². The van der Waals surface area contributed by atoms with Crippen LogP contribution in [0.2, 0.25) is 0 Å². The highest BCUT2D eigenvalue weighted by Gasteiger charge is 2.16. The van der Waals surface area contributed by atoms with Gasteiger partial charge < -0.3 is 15.5 Å². The minimum absolute atomic E-state index is 0.150. The summed E-state index contributed by atoms with van der Waals surface area (Å²) in [5.41, 5.74) is 2.60. The molecule has 0 aliphatic rings. The number of rotatable bonds is 10. The molecule has 202 valence electrons. The van der Waals surface area contributed by atoms with Gasteiger partial charge in [-0.25, -0.2) is 0 Å². The number of aromatic nitrogens is 4. The fraction of sp³-hybridized carbons (Fsp3) is 0.226. The minimum Gasteiger partial charge on any atom is -0.351 e. The van der Waals surface area contributed by atoms with Crippen LogP contribution in [0.1, 0.15) is 33.8 Å². The Labute approximate surface area is 230 Å². The summed E-state index contributed by atoms with van der Waals surface area (Å²) in [5.74, 6) is -0.301. The molecule has 4 N–H and O–H groups in total. The van der Waals surface area contributed by atoms with Crippen molar-refractivity contribution in [3.05, 3.63) is 84.2 Å². The van der Waals surface area contributed by atoms with Crippen molar-refractivity contribution >= 4 is 55.2 Å². The number of amides is 2. The van der Waals surface area contributed by atoms with E-state index in [2.05, 4.69) is 35.9 Å². The predicted octanol–water partition coefficient (Wildman–Crippen LogP) is 4.62. The topological polar surface area (TPSA) is 119 Å². The number of H-pyrrole nitrogens is 2. The standard InChI is InChI=1S/C31H31N7O2/c1-38(18-6-16-32-30(39)28-24-14-12-20-8-2-4-10-22(20)26(24)34-36-28)19-7-17-33-31(40)29-25-15-13-21-9-3-5-11-23(21)27(25)35-37-29/h2-5,8-15H,6-7,16-19H2,1H3,(H,32,39)(H,33,40)(H,34,36)(H,35,37). The largest absolute Gasteiger partial charge is 0.351 e. The van der Waals surface area contributed by atoms with Crippen LogP contribution in [-0.2, 0) is 0 Å². The van der Waals surface area contributed by atoms with Gasteiger partial charge in [0, 0.05) is 34.6 Å². The normalized spacial score (nSPS) is 11.7. The molecule has 2 heterocycles. The first-order chi connectivity index (χ1) is 19.6. The van der Waals surface area contributed by atoms with Crippen LogP contribution >= 0.6 is 0 Å². The lowest BCUT2D eigenvalue weighted by atomic mass is 10.1. The number of carbonyl (C=O) groups is 2. The first kappa shape index (κ1) is 25.5. The highest BCUT2D eigenvalue weighted by atomic mass is 16.2. The van der Waals surface area contributed by atoms with Crippen molar-refractivity contribution in [2.75, 3.05) is 33.2 Å². The maximum absolute atomic E-state index is 12.8. The van der Waals surface area contributed by atoms with Crippen molar-refractivity contribution < 1.29 is 9.59 Å². The molecule has 0 aliphatic heterocycles. The number of hydrogen-bond acceptors (Lipinski definition) is 5. The lowest BCUT2D eigenvalue weighted by Crippen LogP contribution is -2.31. The first-order valence-corrected chi connectivity index (χ1v) is 13.6. The number of aromatic amines is 2. The van der Waals surface area contributed by atoms with Gasteiger partial charge in [-0.1, -0.05) is 60.7 Å². The second kappa shape index (κ2) is 11.2. The van der Waals surface area contributed by atoms with Gasteiger partial charge in [-0.2, -0.15) is 10.2 Å². The van der Waals surface area contributed by atoms with E-state index >= 15 is 0 Å². The van der Waals surface area contributed by atoms with E-state index in [4.69, 9.17) is 0 Å². The molecule has 6 aromatic rings. The van der Waals surface area contributed by atoms with E-state index in [-0.39, 0.29) is 11.8 Å². The molecule has 2 amide bonds. The average Bonchev–Trinajstić information content (AvgIpc) is 3.63. The second-order valence-corrected chi connectivity index (χ2v) is 10.1. The summed E-state index contributed by atoms with van der Waals surface area (Å²) in [7, 11) is 2.05. The van der Waals surface area contributed by atoms with Crippen LogP contribution in [0.15, 0.2) is 72.8 Å². The molecule has 9 nitrogen and oxygen atoms in total. The number of nitrogens with zero attached hydrogens (tertiary/aromatic N) is 3. The monoisotopic (exact) mass is 533 g/mol. The van der Waals surface area contributed by atoms with Gasteiger partial charge in [0.2, 0.25) is 0 Å². The van der Waals surface area contributed by atoms with E-state index in [1.165, 1.54) is 0 Å². The molecule has 4 aromatic carbocycles. The summed E-state index contributed by atoms with van der Waals surface area (Å²) in [5, 5.41) is 26.5. The molecule has 0 atom stereocenters. The lowest BCUT2D eigenvalue weighted by molar-refractivity contribution is 0.0942. The van der Waals surface area contributed by atoms with E-state index in [9.17, 15) is 9.59 Å². The smallest absolute Gasteiger partial charge is 0.269 e. The van der Waals surface area contributed by atoms with Gasteiger partial charge in [0.15, 0.2) is 0 Å². The Morgan fingerprint density at radius 1 is 0.650 bits per heavy atom. The first-order valence-electron chi connectivity index (χ1n) is 13.6. The van der Waals surface area contributed by atoms with Gasteiger partial charge in [-0.15, -0.1) is 0 Å². The summed E-state index contributed by atoms with van der Waals surface area (Å²) in [4.78, 5) is 27.8. The zero-order chi connectivity index (χ0) is 27.5. The molecule has 0 saturated heterocycles. The van der Waals surface area contributed by atoms with Gasteiger partial charge in [-0.05, 0) is 55.9 Å². The highest BCUT2D eigenvalue weighted by Crippen LogP contribution is 2.26. The summed E-state index contributed by atoms with van der Waals surface area (Å²) in [6, 6.07) is 24.0. The summed E-state index contributed by atoms with van der Waals surface area (Å²) >= 11 is 0. The third kappa shape index (κ3) is 4.99. The predicted molar refractivity (Wildman–Crippen MR) is 159 cm³/mol. The Kier molecular flexibility index (Phi) is 7.11. The summed E-state index contributed by atoms with van der Waals surface area (Å²) < 4.78 is 0. The van der Waals surface area contributed by atoms with E-state index in [0.717, 1.165) is 69.3 Å². The summed E-state index contributed by atoms with van der Waals surface area (Å²) in [6.45, 7) is 2.80. The fourth-order valence-electron chi connectivity index (χ4n) is 5.24. The van der Waals surface area contributed by atoms with Crippen molar-refractivity contribution in [2.45, 2.75) is 12.8 Å². The quantitative estimate of drug-likeness (QED) is 0.192. The van der Waals surface area contributed by atoms with Gasteiger partial charge >= 0.3 is 0 Å². The minimum atomic E-state index is -0.150. The van der Waals surface area contributed by atoms with Crippen molar-refractivity contribution in [3.63, 3.8) is 0 Å². The van der Waals surface area contributed by atoms with Gasteiger partial charge in [0.05, 0.1) is 0 Å². The van der Waals surface area contributed by atoms with Crippen LogP contribution in [0.25, 0.3) is 43.4 Å². The number of fused-ring (bicyclic) bond motifs is 6. The fourth-order valence-corrected chi connectivity index (χ4v) is 5.24. The molecular formula is C31H31N7O2. The molecule has 0 bridgehead atoms. The zero-order valence-corrected chi connectivity index (χ0v) is 22.3. The average molecular weight is 534 g/mol. The van der Waals surface area contributed by atoms with Gasteiger partial charge in [0.25, 0.3) is 11.8 Å². The number of nitrogens with one attached hydrogen (secondary N) is 4. The van der Waals surface area contributed by atoms with Gasteiger partial charge in [-0.3, -0.25) is 19.8 Å². The maximum Gasteiger partial charge on any atom is 0.269 e. The van der Waals surface area contributed by atoms with Crippen molar-refractivity contribution in [1.29, 1.82) is 0 Å². The Balaban J connectivity index is 0.932. The van der Waals surface area contributed by atoms with Crippen LogP contribution < -0.4 is 10.6 Å². The van der Waals surface area contributed by atoms with Crippen LogP contribution in [-0.4, -0.2) is 70.3 Å². The molecule has 0 spiro atoms. The van der Waals surface area contributed by atoms with Crippen LogP contribution in [0.5, 0.6) is 0 Å². The Bertz CT molecular complexity index is 1700. The van der Waals surface area contributed by atoms with Crippen LogP contribution in [0.4, 0.5) is 0 Å². The molecule has 9 heteroatoms. The van der Waals surface area contributed by atoms with E-state index in [1.54, 1.807) is 0 Å². The second-order valence-electron chi connectivity index (χ2n) is 10.1. The van der Waals surface area contributed by atoms with Crippen molar-refractivity contribution in [3.8, 4) is 0 Å². The van der Waals surface area contributed by atoms with Gasteiger partial charge in [0.1, 0.15) is 22.4 Å². The molecule has 2 aromatic heterocycles. The van der Waals surface area contributed by atoms with E-state index < -0.39 is 0 Å². The molecular weight excluding hydrogens is 502 g/mol. The summed E-state index contributed by atoms with van der Waals surface area (Å²) in [6.07, 6.45) is 1.63. The van der Waals surface area contributed by atoms with Crippen molar-refractivity contribution in [2.24, 2.45) is 0 Å². The number of hydrogen-bond donors (Lipinski definition) is 4. The third-order valence-corrected chi connectivity index (χ3v) is 7.36. The number of benzene rings is 4. The highest BCUT2D eigenvalue weighted by molar-refractivity contribution is 6.13. The van der Waals surface area contributed by atoms with E-state index in [1.807, 2.05) is 79.8 Å². The Morgan fingerprint density at radius 2 is 1.10 bits per heavy atom. The Hall–Kier alpha value is -4.76. The van der Waals surface area contributed by atoms with E-state index in [0.29, 0.717) is 24.5 Å². The maximum atomic E-state index is 12.8. The third-order valence-electron chi connectivity index (χ3n) is 7.36. The van der Waals surface area contributed by atoms with Crippen LogP contribution in [0.3, 0.4) is 0 Å². The zero-order valence-electron chi connectivity index (χ0n) is 22.3. The molecule has 40 heavy (non-hydrogen) atoms. The molecule has 0 fully saturated rings. The SMILES string of the molecule is CN(CCCNC(=O)c1[nH]nc2c1ccc1ccccc12)CCCNC(=O)c1[nH]nc2c1ccc1ccccc12.